The molecule has 7 heteroatoms. The highest BCUT2D eigenvalue weighted by Crippen LogP contribution is 2.24. The lowest BCUT2D eigenvalue weighted by Gasteiger charge is -2.30. The Balaban J connectivity index is 1.46. The van der Waals surface area contributed by atoms with Gasteiger partial charge in [-0.05, 0) is 13.3 Å². The average molecular weight is 330 g/mol. The molecule has 24 heavy (non-hydrogen) atoms. The fourth-order valence-corrected chi connectivity index (χ4v) is 3.85. The van der Waals surface area contributed by atoms with Crippen LogP contribution in [-0.4, -0.2) is 51.7 Å². The zero-order valence-corrected chi connectivity index (χ0v) is 14.5. The number of rotatable bonds is 4. The summed E-state index contributed by atoms with van der Waals surface area (Å²) in [5, 5.41) is 8.40. The van der Waals surface area contributed by atoms with Gasteiger partial charge in [0.2, 0.25) is 0 Å². The molecular formula is C17H26N6O. The molecule has 1 saturated heterocycles. The van der Waals surface area contributed by atoms with E-state index < -0.39 is 0 Å². The number of nitrogens with one attached hydrogen (secondary N) is 1. The van der Waals surface area contributed by atoms with E-state index in [1.807, 2.05) is 17.9 Å². The van der Waals surface area contributed by atoms with Gasteiger partial charge in [0.05, 0.1) is 18.9 Å². The van der Waals surface area contributed by atoms with Crippen molar-refractivity contribution in [1.82, 2.24) is 24.6 Å². The Bertz CT molecular complexity index is 700. The van der Waals surface area contributed by atoms with Crippen LogP contribution in [0.5, 0.6) is 0 Å². The first-order valence-electron chi connectivity index (χ1n) is 8.81. The summed E-state index contributed by atoms with van der Waals surface area (Å²) in [6, 6.07) is 0.490. The largest absolute Gasteiger partial charge is 0.378 e. The van der Waals surface area contributed by atoms with Gasteiger partial charge in [-0.2, -0.15) is 5.10 Å². The lowest BCUT2D eigenvalue weighted by atomic mass is 10.1. The molecule has 1 N–H and O–H groups in total. The van der Waals surface area contributed by atoms with Crippen molar-refractivity contribution in [3.63, 3.8) is 0 Å². The number of fused-ring (bicyclic) bond motifs is 1. The van der Waals surface area contributed by atoms with Crippen LogP contribution in [-0.2, 0) is 31.3 Å². The summed E-state index contributed by atoms with van der Waals surface area (Å²) in [5.41, 5.74) is 2.43. The summed E-state index contributed by atoms with van der Waals surface area (Å²) >= 11 is 0. The van der Waals surface area contributed by atoms with Crippen molar-refractivity contribution in [2.24, 2.45) is 7.05 Å². The van der Waals surface area contributed by atoms with Gasteiger partial charge in [0, 0.05) is 63.6 Å². The van der Waals surface area contributed by atoms with Crippen molar-refractivity contribution in [3.8, 4) is 0 Å². The second kappa shape index (κ2) is 6.57. The number of aromatic nitrogens is 4. The first-order valence-corrected chi connectivity index (χ1v) is 8.81. The number of hydrogen-bond acceptors (Lipinski definition) is 5. The second-order valence-corrected chi connectivity index (χ2v) is 6.72. The molecule has 1 atom stereocenters. The third-order valence-corrected chi connectivity index (χ3v) is 5.13. The highest BCUT2D eigenvalue weighted by Gasteiger charge is 2.23. The predicted octanol–water partition coefficient (Wildman–Crippen LogP) is 0.866. The maximum Gasteiger partial charge on any atom is 0.131 e. The van der Waals surface area contributed by atoms with Crippen LogP contribution in [0.4, 0.5) is 5.82 Å². The lowest BCUT2D eigenvalue weighted by molar-refractivity contribution is 0.122. The molecule has 0 saturated carbocycles. The standard InChI is InChI=1S/C17H26N6O/c1-13-15(17(21(2)20-13)22-7-9-24-10-8-22)11-19-14-3-4-16-18-5-6-23(16)12-14/h5-6,14,19H,3-4,7-12H2,1-2H3/t14-/m0/s1. The molecule has 0 aliphatic carbocycles. The summed E-state index contributed by atoms with van der Waals surface area (Å²) in [6.07, 6.45) is 6.17. The van der Waals surface area contributed by atoms with Crippen molar-refractivity contribution in [3.05, 3.63) is 29.5 Å². The quantitative estimate of drug-likeness (QED) is 0.901. The molecule has 7 nitrogen and oxygen atoms in total. The molecule has 0 amide bonds. The van der Waals surface area contributed by atoms with Crippen LogP contribution in [0, 0.1) is 6.92 Å². The van der Waals surface area contributed by atoms with E-state index in [0.29, 0.717) is 6.04 Å². The predicted molar refractivity (Wildman–Crippen MR) is 92.2 cm³/mol. The molecule has 2 aromatic rings. The van der Waals surface area contributed by atoms with Crippen LogP contribution < -0.4 is 10.2 Å². The highest BCUT2D eigenvalue weighted by atomic mass is 16.5. The topological polar surface area (TPSA) is 60.1 Å². The molecule has 0 bridgehead atoms. The van der Waals surface area contributed by atoms with E-state index in [0.717, 1.165) is 57.9 Å². The number of hydrogen-bond donors (Lipinski definition) is 1. The molecular weight excluding hydrogens is 304 g/mol. The van der Waals surface area contributed by atoms with Crippen LogP contribution in [0.2, 0.25) is 0 Å². The molecule has 0 aromatic carbocycles. The Morgan fingerprint density at radius 2 is 2.17 bits per heavy atom. The van der Waals surface area contributed by atoms with E-state index in [1.54, 1.807) is 0 Å². The van der Waals surface area contributed by atoms with E-state index in [9.17, 15) is 0 Å². The average Bonchev–Trinajstić information content (AvgIpc) is 3.17. The minimum Gasteiger partial charge on any atom is -0.378 e. The summed E-state index contributed by atoms with van der Waals surface area (Å²) in [4.78, 5) is 6.80. The first kappa shape index (κ1) is 15.7. The molecule has 1 fully saturated rings. The van der Waals surface area contributed by atoms with E-state index in [-0.39, 0.29) is 0 Å². The van der Waals surface area contributed by atoms with E-state index in [1.165, 1.54) is 17.2 Å². The van der Waals surface area contributed by atoms with Crippen LogP contribution in [0.3, 0.4) is 0 Å². The van der Waals surface area contributed by atoms with Crippen molar-refractivity contribution < 1.29 is 4.74 Å². The monoisotopic (exact) mass is 330 g/mol. The van der Waals surface area contributed by atoms with Crippen LogP contribution >= 0.6 is 0 Å². The second-order valence-electron chi connectivity index (χ2n) is 6.72. The fourth-order valence-electron chi connectivity index (χ4n) is 3.85. The number of nitrogens with zero attached hydrogens (tertiary/aromatic N) is 5. The first-order chi connectivity index (χ1) is 11.7. The third-order valence-electron chi connectivity index (χ3n) is 5.13. The van der Waals surface area contributed by atoms with Crippen molar-refractivity contribution in [2.75, 3.05) is 31.2 Å². The molecule has 4 heterocycles. The zero-order valence-electron chi connectivity index (χ0n) is 14.5. The molecule has 0 radical (unpaired) electrons. The Morgan fingerprint density at radius 3 is 3.00 bits per heavy atom. The van der Waals surface area contributed by atoms with Gasteiger partial charge in [0.1, 0.15) is 11.6 Å². The van der Waals surface area contributed by atoms with Gasteiger partial charge in [-0.3, -0.25) is 4.68 Å². The van der Waals surface area contributed by atoms with Gasteiger partial charge in [-0.15, -0.1) is 0 Å². The lowest BCUT2D eigenvalue weighted by Crippen LogP contribution is -2.39. The maximum absolute atomic E-state index is 5.49. The molecule has 2 aliphatic rings. The Labute approximate surface area is 142 Å². The normalized spacial score (nSPS) is 21.1. The van der Waals surface area contributed by atoms with Crippen molar-refractivity contribution in [2.45, 2.75) is 38.9 Å². The molecule has 2 aromatic heterocycles. The number of imidazole rings is 1. The minimum atomic E-state index is 0.490. The minimum absolute atomic E-state index is 0.490. The van der Waals surface area contributed by atoms with E-state index in [2.05, 4.69) is 38.0 Å². The summed E-state index contributed by atoms with van der Waals surface area (Å²) in [7, 11) is 2.04. The van der Waals surface area contributed by atoms with Gasteiger partial charge in [0.15, 0.2) is 0 Å². The van der Waals surface area contributed by atoms with E-state index in [4.69, 9.17) is 4.74 Å². The Morgan fingerprint density at radius 1 is 1.33 bits per heavy atom. The van der Waals surface area contributed by atoms with Crippen LogP contribution in [0.15, 0.2) is 12.4 Å². The number of aryl methyl sites for hydroxylation is 3. The SMILES string of the molecule is Cc1nn(C)c(N2CCOCC2)c1CN[C@H]1CCc2nccn2C1. The Hall–Kier alpha value is -1.86. The van der Waals surface area contributed by atoms with Crippen molar-refractivity contribution >= 4 is 5.82 Å². The molecule has 130 valence electrons. The highest BCUT2D eigenvalue weighted by molar-refractivity contribution is 5.50. The molecule has 2 aliphatic heterocycles. The number of anilines is 1. The van der Waals surface area contributed by atoms with Crippen LogP contribution in [0.1, 0.15) is 23.5 Å². The number of ether oxygens (including phenoxy) is 1. The van der Waals surface area contributed by atoms with Gasteiger partial charge >= 0.3 is 0 Å². The van der Waals surface area contributed by atoms with E-state index >= 15 is 0 Å². The van der Waals surface area contributed by atoms with Gasteiger partial charge < -0.3 is 19.5 Å². The van der Waals surface area contributed by atoms with Gasteiger partial charge in [-0.1, -0.05) is 0 Å². The zero-order chi connectivity index (χ0) is 16.5. The summed E-state index contributed by atoms with van der Waals surface area (Å²) in [5.74, 6) is 2.45. The molecule has 0 spiro atoms. The summed E-state index contributed by atoms with van der Waals surface area (Å²) < 4.78 is 9.78. The smallest absolute Gasteiger partial charge is 0.131 e. The third kappa shape index (κ3) is 2.93. The number of morpholine rings is 1. The van der Waals surface area contributed by atoms with Gasteiger partial charge in [0.25, 0.3) is 0 Å². The molecule has 4 rings (SSSR count). The summed E-state index contributed by atoms with van der Waals surface area (Å²) in [6.45, 7) is 7.44. The maximum atomic E-state index is 5.49. The molecule has 0 unspecified atom stereocenters. The van der Waals surface area contributed by atoms with Crippen LogP contribution in [0.25, 0.3) is 0 Å². The Kier molecular flexibility index (Phi) is 4.28. The van der Waals surface area contributed by atoms with Gasteiger partial charge in [-0.25, -0.2) is 4.98 Å². The van der Waals surface area contributed by atoms with Crippen molar-refractivity contribution in [1.29, 1.82) is 0 Å². The fraction of sp³-hybridized carbons (Fsp3) is 0.647.